The maximum atomic E-state index is 12.9. The lowest BCUT2D eigenvalue weighted by atomic mass is 10.1. The first-order valence-electron chi connectivity index (χ1n) is 7.33. The molecule has 0 aliphatic heterocycles. The first-order valence-corrected chi connectivity index (χ1v) is 7.33. The zero-order valence-electron chi connectivity index (χ0n) is 13.1. The highest BCUT2D eigenvalue weighted by atomic mass is 16.5. The summed E-state index contributed by atoms with van der Waals surface area (Å²) >= 11 is 0. The van der Waals surface area contributed by atoms with Gasteiger partial charge in [-0.05, 0) is 19.1 Å². The number of fused-ring (bicyclic) bond motifs is 1. The minimum absolute atomic E-state index is 0.196. The molecule has 0 fully saturated rings. The second kappa shape index (κ2) is 6.18. The fourth-order valence-electron chi connectivity index (χ4n) is 2.52. The van der Waals surface area contributed by atoms with E-state index in [0.29, 0.717) is 35.7 Å². The maximum Gasteiger partial charge on any atom is 0.278 e. The van der Waals surface area contributed by atoms with Gasteiger partial charge in [0.2, 0.25) is 0 Å². The van der Waals surface area contributed by atoms with Crippen LogP contribution in [0.15, 0.2) is 41.3 Å². The number of nitrogen functional groups attached to an aromatic ring is 1. The summed E-state index contributed by atoms with van der Waals surface area (Å²) in [5, 5.41) is 0. The summed E-state index contributed by atoms with van der Waals surface area (Å²) in [6, 6.07) is 9.37. The van der Waals surface area contributed by atoms with Gasteiger partial charge in [0.05, 0.1) is 18.8 Å². The molecule has 0 spiro atoms. The highest BCUT2D eigenvalue weighted by molar-refractivity contribution is 5.85. The van der Waals surface area contributed by atoms with Gasteiger partial charge in [0.25, 0.3) is 5.56 Å². The number of anilines is 1. The SMILES string of the molecule is COCCn1c(=O)c(-c2cccc(C)c2)nc2c(N)ccnc21. The Bertz CT molecular complexity index is 918. The molecular formula is C17H18N4O2. The van der Waals surface area contributed by atoms with Crippen LogP contribution in [0.4, 0.5) is 5.69 Å². The minimum Gasteiger partial charge on any atom is -0.397 e. The van der Waals surface area contributed by atoms with Gasteiger partial charge in [-0.15, -0.1) is 0 Å². The normalized spacial score (nSPS) is 11.0. The van der Waals surface area contributed by atoms with E-state index >= 15 is 0 Å². The number of nitrogens with zero attached hydrogens (tertiary/aromatic N) is 3. The number of pyridine rings is 1. The molecule has 2 aromatic heterocycles. The lowest BCUT2D eigenvalue weighted by Crippen LogP contribution is -2.26. The monoisotopic (exact) mass is 310 g/mol. The Morgan fingerprint density at radius 1 is 1.30 bits per heavy atom. The molecule has 0 aliphatic rings. The van der Waals surface area contributed by atoms with Crippen LogP contribution in [0.2, 0.25) is 0 Å². The number of rotatable bonds is 4. The van der Waals surface area contributed by atoms with Crippen LogP contribution < -0.4 is 11.3 Å². The van der Waals surface area contributed by atoms with Crippen LogP contribution in [0.3, 0.4) is 0 Å². The Kier molecular flexibility index (Phi) is 4.08. The molecule has 0 saturated carbocycles. The number of hydrogen-bond donors (Lipinski definition) is 1. The Balaban J connectivity index is 2.32. The minimum atomic E-state index is -0.196. The number of ether oxygens (including phenoxy) is 1. The van der Waals surface area contributed by atoms with E-state index < -0.39 is 0 Å². The molecule has 2 heterocycles. The fourth-order valence-corrected chi connectivity index (χ4v) is 2.52. The van der Waals surface area contributed by atoms with Crippen molar-refractivity contribution in [2.24, 2.45) is 0 Å². The molecular weight excluding hydrogens is 292 g/mol. The molecule has 23 heavy (non-hydrogen) atoms. The average molecular weight is 310 g/mol. The predicted molar refractivity (Wildman–Crippen MR) is 90.3 cm³/mol. The molecule has 3 aromatic rings. The van der Waals surface area contributed by atoms with Crippen LogP contribution in [-0.2, 0) is 11.3 Å². The standard InChI is InChI=1S/C17H18N4O2/c1-11-4-3-5-12(10-11)14-17(22)21(8-9-23-2)16-15(20-14)13(18)6-7-19-16/h3-7,10H,8-9H2,1-2H3,(H2,18,19). The molecule has 0 amide bonds. The van der Waals surface area contributed by atoms with E-state index in [1.54, 1.807) is 23.9 Å². The third-order valence-electron chi connectivity index (χ3n) is 3.67. The molecule has 0 bridgehead atoms. The third kappa shape index (κ3) is 2.80. The van der Waals surface area contributed by atoms with Crippen LogP contribution in [0.5, 0.6) is 0 Å². The molecule has 118 valence electrons. The lowest BCUT2D eigenvalue weighted by Gasteiger charge is -2.12. The summed E-state index contributed by atoms with van der Waals surface area (Å²) in [6.45, 7) is 2.77. The molecule has 0 radical (unpaired) electrons. The summed E-state index contributed by atoms with van der Waals surface area (Å²) in [4.78, 5) is 21.6. The number of methoxy groups -OCH3 is 1. The molecule has 0 atom stereocenters. The van der Waals surface area contributed by atoms with E-state index in [9.17, 15) is 4.79 Å². The maximum absolute atomic E-state index is 12.9. The molecule has 2 N–H and O–H groups in total. The largest absolute Gasteiger partial charge is 0.397 e. The van der Waals surface area contributed by atoms with Crippen molar-refractivity contribution in [1.29, 1.82) is 0 Å². The number of benzene rings is 1. The molecule has 6 heteroatoms. The van der Waals surface area contributed by atoms with Crippen molar-refractivity contribution in [3.63, 3.8) is 0 Å². The fraction of sp³-hybridized carbons (Fsp3) is 0.235. The van der Waals surface area contributed by atoms with Crippen LogP contribution in [0, 0.1) is 6.92 Å². The Morgan fingerprint density at radius 3 is 2.87 bits per heavy atom. The first-order chi connectivity index (χ1) is 11.1. The molecule has 6 nitrogen and oxygen atoms in total. The zero-order valence-corrected chi connectivity index (χ0v) is 13.1. The molecule has 0 unspecified atom stereocenters. The van der Waals surface area contributed by atoms with Crippen molar-refractivity contribution >= 4 is 16.9 Å². The van der Waals surface area contributed by atoms with Gasteiger partial charge in [0.15, 0.2) is 5.65 Å². The summed E-state index contributed by atoms with van der Waals surface area (Å²) in [7, 11) is 1.59. The van der Waals surface area contributed by atoms with E-state index in [1.807, 2.05) is 31.2 Å². The third-order valence-corrected chi connectivity index (χ3v) is 3.67. The van der Waals surface area contributed by atoms with E-state index in [1.165, 1.54) is 0 Å². The van der Waals surface area contributed by atoms with Crippen LogP contribution in [0.25, 0.3) is 22.4 Å². The van der Waals surface area contributed by atoms with E-state index in [2.05, 4.69) is 9.97 Å². The highest BCUT2D eigenvalue weighted by Crippen LogP contribution is 2.21. The van der Waals surface area contributed by atoms with Crippen molar-refractivity contribution in [2.75, 3.05) is 19.5 Å². The van der Waals surface area contributed by atoms with Crippen LogP contribution >= 0.6 is 0 Å². The van der Waals surface area contributed by atoms with Crippen molar-refractivity contribution in [1.82, 2.24) is 14.5 Å². The molecule has 0 saturated heterocycles. The van der Waals surface area contributed by atoms with Crippen LogP contribution in [0.1, 0.15) is 5.56 Å². The number of aryl methyl sites for hydroxylation is 1. The number of nitrogens with two attached hydrogens (primary N) is 1. The second-order valence-electron chi connectivity index (χ2n) is 5.35. The van der Waals surface area contributed by atoms with E-state index in [4.69, 9.17) is 10.5 Å². The summed E-state index contributed by atoms with van der Waals surface area (Å²) < 4.78 is 6.67. The van der Waals surface area contributed by atoms with Crippen molar-refractivity contribution in [3.8, 4) is 11.3 Å². The smallest absolute Gasteiger partial charge is 0.278 e. The lowest BCUT2D eigenvalue weighted by molar-refractivity contribution is 0.187. The predicted octanol–water partition coefficient (Wildman–Crippen LogP) is 2.00. The van der Waals surface area contributed by atoms with Gasteiger partial charge in [-0.3, -0.25) is 9.36 Å². The van der Waals surface area contributed by atoms with Crippen molar-refractivity contribution in [3.05, 3.63) is 52.4 Å². The van der Waals surface area contributed by atoms with E-state index in [0.717, 1.165) is 11.1 Å². The summed E-state index contributed by atoms with van der Waals surface area (Å²) in [5.41, 5.74) is 9.54. The highest BCUT2D eigenvalue weighted by Gasteiger charge is 2.15. The Hall–Kier alpha value is -2.73. The van der Waals surface area contributed by atoms with Gasteiger partial charge in [0.1, 0.15) is 11.2 Å². The van der Waals surface area contributed by atoms with Gasteiger partial charge in [-0.1, -0.05) is 23.8 Å². The number of hydrogen-bond acceptors (Lipinski definition) is 5. The first kappa shape index (κ1) is 15.2. The van der Waals surface area contributed by atoms with Gasteiger partial charge < -0.3 is 10.5 Å². The van der Waals surface area contributed by atoms with Crippen LogP contribution in [-0.4, -0.2) is 28.3 Å². The van der Waals surface area contributed by atoms with Gasteiger partial charge in [-0.25, -0.2) is 9.97 Å². The Labute approximate surface area is 133 Å². The zero-order chi connectivity index (χ0) is 16.4. The quantitative estimate of drug-likeness (QED) is 0.797. The van der Waals surface area contributed by atoms with Gasteiger partial charge in [-0.2, -0.15) is 0 Å². The second-order valence-corrected chi connectivity index (χ2v) is 5.35. The van der Waals surface area contributed by atoms with Gasteiger partial charge >= 0.3 is 0 Å². The molecule has 1 aromatic carbocycles. The molecule has 0 aliphatic carbocycles. The topological polar surface area (TPSA) is 83.0 Å². The number of aromatic nitrogens is 3. The van der Waals surface area contributed by atoms with Crippen molar-refractivity contribution < 1.29 is 4.74 Å². The summed E-state index contributed by atoms with van der Waals surface area (Å²) in [5.74, 6) is 0. The van der Waals surface area contributed by atoms with Crippen molar-refractivity contribution in [2.45, 2.75) is 13.5 Å². The van der Waals surface area contributed by atoms with E-state index in [-0.39, 0.29) is 5.56 Å². The van der Waals surface area contributed by atoms with Gasteiger partial charge in [0, 0.05) is 18.9 Å². The Morgan fingerprint density at radius 2 is 2.13 bits per heavy atom. The summed E-state index contributed by atoms with van der Waals surface area (Å²) in [6.07, 6.45) is 1.58. The molecule has 3 rings (SSSR count). The average Bonchev–Trinajstić information content (AvgIpc) is 2.54.